The van der Waals surface area contributed by atoms with Gasteiger partial charge in [-0.3, -0.25) is 9.69 Å². The standard InChI is InChI=1S/C16H23FN2O2/c1-11-3-4-13(14(9-11)21-2)10-19-7-5-12(6-8-19)15(17)16(18)20/h3-4,9,12,15H,5-8,10H2,1-2H3,(H2,18,20). The molecule has 4 nitrogen and oxygen atoms in total. The summed E-state index contributed by atoms with van der Waals surface area (Å²) in [5.41, 5.74) is 7.33. The van der Waals surface area contributed by atoms with Gasteiger partial charge in [0.15, 0.2) is 6.17 Å². The van der Waals surface area contributed by atoms with Crippen LogP contribution in [0.15, 0.2) is 18.2 Å². The molecule has 1 aliphatic rings. The summed E-state index contributed by atoms with van der Waals surface area (Å²) < 4.78 is 19.0. The summed E-state index contributed by atoms with van der Waals surface area (Å²) in [6.07, 6.45) is -0.183. The molecule has 1 unspecified atom stereocenters. The monoisotopic (exact) mass is 294 g/mol. The first-order valence-electron chi connectivity index (χ1n) is 7.30. The molecule has 0 aromatic heterocycles. The Bertz CT molecular complexity index is 499. The Morgan fingerprint density at radius 1 is 1.48 bits per heavy atom. The minimum absolute atomic E-state index is 0.237. The lowest BCUT2D eigenvalue weighted by molar-refractivity contribution is -0.125. The Morgan fingerprint density at radius 3 is 2.71 bits per heavy atom. The predicted octanol–water partition coefficient (Wildman–Crippen LogP) is 2.04. The Hall–Kier alpha value is -1.62. The number of aryl methyl sites for hydroxylation is 1. The zero-order valence-corrected chi connectivity index (χ0v) is 12.6. The summed E-state index contributed by atoms with van der Waals surface area (Å²) in [6.45, 7) is 4.36. The normalized spacial score (nSPS) is 18.4. The molecule has 1 aromatic rings. The summed E-state index contributed by atoms with van der Waals surface area (Å²) in [5.74, 6) is -0.190. The number of halogens is 1. The Kier molecular flexibility index (Phi) is 5.17. The highest BCUT2D eigenvalue weighted by Gasteiger charge is 2.30. The van der Waals surface area contributed by atoms with Crippen molar-refractivity contribution in [2.24, 2.45) is 11.7 Å². The van der Waals surface area contributed by atoms with Gasteiger partial charge in [-0.05, 0) is 44.5 Å². The number of amides is 1. The highest BCUT2D eigenvalue weighted by Crippen LogP contribution is 2.26. The van der Waals surface area contributed by atoms with Crippen molar-refractivity contribution in [3.63, 3.8) is 0 Å². The first-order chi connectivity index (χ1) is 10.0. The number of benzene rings is 1. The molecule has 1 heterocycles. The maximum atomic E-state index is 13.6. The van der Waals surface area contributed by atoms with Crippen molar-refractivity contribution in [3.8, 4) is 5.75 Å². The molecule has 2 N–H and O–H groups in total. The fourth-order valence-corrected chi connectivity index (χ4v) is 2.86. The molecule has 1 aliphatic heterocycles. The minimum atomic E-state index is -1.51. The summed E-state index contributed by atoms with van der Waals surface area (Å²) >= 11 is 0. The topological polar surface area (TPSA) is 55.6 Å². The number of nitrogens with zero attached hydrogens (tertiary/aromatic N) is 1. The highest BCUT2D eigenvalue weighted by molar-refractivity contribution is 5.79. The van der Waals surface area contributed by atoms with Crippen molar-refractivity contribution in [2.75, 3.05) is 20.2 Å². The molecule has 1 amide bonds. The number of alkyl halides is 1. The van der Waals surface area contributed by atoms with Gasteiger partial charge in [-0.1, -0.05) is 12.1 Å². The van der Waals surface area contributed by atoms with E-state index in [4.69, 9.17) is 10.5 Å². The number of likely N-dealkylation sites (tertiary alicyclic amines) is 1. The Balaban J connectivity index is 1.93. The number of hydrogen-bond acceptors (Lipinski definition) is 3. The number of methoxy groups -OCH3 is 1. The second-order valence-electron chi connectivity index (χ2n) is 5.73. The maximum Gasteiger partial charge on any atom is 0.252 e. The van der Waals surface area contributed by atoms with E-state index in [-0.39, 0.29) is 5.92 Å². The fraction of sp³-hybridized carbons (Fsp3) is 0.562. The lowest BCUT2D eigenvalue weighted by Crippen LogP contribution is -2.40. The smallest absolute Gasteiger partial charge is 0.252 e. The Labute approximate surface area is 125 Å². The molecule has 1 atom stereocenters. The molecule has 0 bridgehead atoms. The lowest BCUT2D eigenvalue weighted by Gasteiger charge is -2.32. The van der Waals surface area contributed by atoms with E-state index in [9.17, 15) is 9.18 Å². The van der Waals surface area contributed by atoms with Crippen LogP contribution in [0.5, 0.6) is 5.75 Å². The molecule has 0 aliphatic carbocycles. The zero-order valence-electron chi connectivity index (χ0n) is 12.6. The number of carbonyl (C=O) groups is 1. The molecule has 2 rings (SSSR count). The van der Waals surface area contributed by atoms with Crippen molar-refractivity contribution in [2.45, 2.75) is 32.5 Å². The molecule has 0 saturated carbocycles. The molecule has 0 spiro atoms. The first-order valence-corrected chi connectivity index (χ1v) is 7.30. The van der Waals surface area contributed by atoms with Crippen LogP contribution in [0.3, 0.4) is 0 Å². The van der Waals surface area contributed by atoms with Gasteiger partial charge in [0.2, 0.25) is 0 Å². The Morgan fingerprint density at radius 2 is 2.14 bits per heavy atom. The molecule has 5 heteroatoms. The van der Waals surface area contributed by atoms with Gasteiger partial charge < -0.3 is 10.5 Å². The van der Waals surface area contributed by atoms with Crippen LogP contribution in [-0.4, -0.2) is 37.2 Å². The van der Waals surface area contributed by atoms with Crippen LogP contribution in [-0.2, 0) is 11.3 Å². The lowest BCUT2D eigenvalue weighted by atomic mass is 9.91. The average molecular weight is 294 g/mol. The van der Waals surface area contributed by atoms with Crippen LogP contribution in [0.4, 0.5) is 4.39 Å². The van der Waals surface area contributed by atoms with E-state index in [0.717, 1.165) is 36.5 Å². The molecule has 0 radical (unpaired) electrons. The van der Waals surface area contributed by atoms with Crippen molar-refractivity contribution < 1.29 is 13.9 Å². The van der Waals surface area contributed by atoms with Crippen molar-refractivity contribution in [1.29, 1.82) is 0 Å². The average Bonchev–Trinajstić information content (AvgIpc) is 2.49. The van der Waals surface area contributed by atoms with Crippen LogP contribution < -0.4 is 10.5 Å². The molecule has 1 saturated heterocycles. The van der Waals surface area contributed by atoms with Gasteiger partial charge >= 0.3 is 0 Å². The summed E-state index contributed by atoms with van der Waals surface area (Å²) in [6, 6.07) is 6.16. The third-order valence-electron chi connectivity index (χ3n) is 4.15. The molecular formula is C16H23FN2O2. The first kappa shape index (κ1) is 15.8. The fourth-order valence-electron chi connectivity index (χ4n) is 2.86. The minimum Gasteiger partial charge on any atom is -0.496 e. The van der Waals surface area contributed by atoms with E-state index >= 15 is 0 Å². The van der Waals surface area contributed by atoms with Gasteiger partial charge in [-0.25, -0.2) is 4.39 Å². The quantitative estimate of drug-likeness (QED) is 0.904. The molecule has 21 heavy (non-hydrogen) atoms. The highest BCUT2D eigenvalue weighted by atomic mass is 19.1. The van der Waals surface area contributed by atoms with E-state index in [2.05, 4.69) is 17.0 Å². The van der Waals surface area contributed by atoms with E-state index in [0.29, 0.717) is 12.8 Å². The molecule has 116 valence electrons. The van der Waals surface area contributed by atoms with Crippen LogP contribution in [0.2, 0.25) is 0 Å². The van der Waals surface area contributed by atoms with Crippen molar-refractivity contribution >= 4 is 5.91 Å². The van der Waals surface area contributed by atoms with Gasteiger partial charge in [0.05, 0.1) is 7.11 Å². The second kappa shape index (κ2) is 6.89. The second-order valence-corrected chi connectivity index (χ2v) is 5.73. The van der Waals surface area contributed by atoms with Crippen LogP contribution >= 0.6 is 0 Å². The van der Waals surface area contributed by atoms with Crippen LogP contribution in [0.25, 0.3) is 0 Å². The predicted molar refractivity (Wildman–Crippen MR) is 79.8 cm³/mol. The summed E-state index contributed by atoms with van der Waals surface area (Å²) in [5, 5.41) is 0. The number of rotatable bonds is 5. The van der Waals surface area contributed by atoms with E-state index in [1.807, 2.05) is 13.0 Å². The van der Waals surface area contributed by atoms with Crippen molar-refractivity contribution in [3.05, 3.63) is 29.3 Å². The zero-order chi connectivity index (χ0) is 15.4. The molecular weight excluding hydrogens is 271 g/mol. The van der Waals surface area contributed by atoms with Gasteiger partial charge in [0, 0.05) is 18.0 Å². The largest absolute Gasteiger partial charge is 0.496 e. The van der Waals surface area contributed by atoms with Crippen LogP contribution in [0.1, 0.15) is 24.0 Å². The molecule has 1 fully saturated rings. The third-order valence-corrected chi connectivity index (χ3v) is 4.15. The van der Waals surface area contributed by atoms with Gasteiger partial charge in [-0.2, -0.15) is 0 Å². The molecule has 1 aromatic carbocycles. The third kappa shape index (κ3) is 3.94. The number of ether oxygens (including phenoxy) is 1. The number of carbonyl (C=O) groups excluding carboxylic acids is 1. The van der Waals surface area contributed by atoms with E-state index in [1.165, 1.54) is 0 Å². The summed E-state index contributed by atoms with van der Waals surface area (Å²) in [7, 11) is 1.67. The number of primary amides is 1. The van der Waals surface area contributed by atoms with E-state index in [1.54, 1.807) is 7.11 Å². The summed E-state index contributed by atoms with van der Waals surface area (Å²) in [4.78, 5) is 13.2. The van der Waals surface area contributed by atoms with Gasteiger partial charge in [0.1, 0.15) is 5.75 Å². The van der Waals surface area contributed by atoms with Crippen molar-refractivity contribution in [1.82, 2.24) is 4.90 Å². The number of nitrogens with two attached hydrogens (primary N) is 1. The SMILES string of the molecule is COc1cc(C)ccc1CN1CCC(C(F)C(N)=O)CC1. The maximum absolute atomic E-state index is 13.6. The van der Waals surface area contributed by atoms with E-state index < -0.39 is 12.1 Å². The number of hydrogen-bond donors (Lipinski definition) is 1. The number of piperidine rings is 1. The van der Waals surface area contributed by atoms with Gasteiger partial charge in [0.25, 0.3) is 5.91 Å². The van der Waals surface area contributed by atoms with Gasteiger partial charge in [-0.15, -0.1) is 0 Å². The van der Waals surface area contributed by atoms with Crippen LogP contribution in [0, 0.1) is 12.8 Å².